The number of nitrogens with zero attached hydrogens (tertiary/aromatic N) is 2. The van der Waals surface area contributed by atoms with Crippen LogP contribution in [0.2, 0.25) is 0 Å². The van der Waals surface area contributed by atoms with Gasteiger partial charge in [-0.3, -0.25) is 14.6 Å². The topological polar surface area (TPSA) is 62.3 Å². The number of carbonyl (C=O) groups is 2. The second-order valence-corrected chi connectivity index (χ2v) is 8.09. The molecule has 2 amide bonds. The van der Waals surface area contributed by atoms with E-state index in [9.17, 15) is 14.0 Å². The van der Waals surface area contributed by atoms with E-state index in [0.29, 0.717) is 42.8 Å². The van der Waals surface area contributed by atoms with Crippen LogP contribution in [0.3, 0.4) is 0 Å². The summed E-state index contributed by atoms with van der Waals surface area (Å²) in [6.07, 6.45) is 2.86. The van der Waals surface area contributed by atoms with Gasteiger partial charge in [-0.25, -0.2) is 4.39 Å². The molecule has 6 heteroatoms. The molecule has 0 aliphatic carbocycles. The summed E-state index contributed by atoms with van der Waals surface area (Å²) in [7, 11) is 0. The summed E-state index contributed by atoms with van der Waals surface area (Å²) in [5.74, 6) is -0.673. The highest BCUT2D eigenvalue weighted by Gasteiger charge is 2.29. The van der Waals surface area contributed by atoms with Crippen LogP contribution in [0.5, 0.6) is 0 Å². The van der Waals surface area contributed by atoms with Gasteiger partial charge >= 0.3 is 0 Å². The zero-order valence-corrected chi connectivity index (χ0v) is 18.1. The van der Waals surface area contributed by atoms with Crippen molar-refractivity contribution in [2.24, 2.45) is 5.92 Å². The lowest BCUT2D eigenvalue weighted by Gasteiger charge is -2.31. The molecule has 1 aliphatic heterocycles. The number of hydrogen-bond acceptors (Lipinski definition) is 3. The summed E-state index contributed by atoms with van der Waals surface area (Å²) in [4.78, 5) is 32.1. The number of hydrogen-bond donors (Lipinski definition) is 1. The van der Waals surface area contributed by atoms with E-state index in [4.69, 9.17) is 0 Å². The second kappa shape index (κ2) is 9.73. The molecule has 0 bridgehead atoms. The summed E-state index contributed by atoms with van der Waals surface area (Å²) in [6.45, 7) is 3.17. The van der Waals surface area contributed by atoms with E-state index in [1.807, 2.05) is 37.3 Å². The highest BCUT2D eigenvalue weighted by atomic mass is 19.1. The molecule has 3 aromatic rings. The molecule has 1 fully saturated rings. The monoisotopic (exact) mass is 431 g/mol. The number of piperidine rings is 1. The Morgan fingerprint density at radius 3 is 2.50 bits per heavy atom. The van der Waals surface area contributed by atoms with E-state index in [-0.39, 0.29) is 30.1 Å². The standard InChI is InChI=1S/C26H26FN3O2/c1-18-7-2-4-9-21(18)24-22(10-6-14-28-24)26(32)30-15-12-19(13-16-30)25(31)29-17-20-8-3-5-11-23(20)27/h2-11,14,19H,12-13,15-17H2,1H3,(H,29,31). The first-order valence-electron chi connectivity index (χ1n) is 10.9. The van der Waals surface area contributed by atoms with Crippen LogP contribution in [0.25, 0.3) is 11.3 Å². The first kappa shape index (κ1) is 21.7. The van der Waals surface area contributed by atoms with Gasteiger partial charge in [0.15, 0.2) is 0 Å². The van der Waals surface area contributed by atoms with Crippen LogP contribution in [0, 0.1) is 18.7 Å². The number of aromatic nitrogens is 1. The maximum Gasteiger partial charge on any atom is 0.256 e. The summed E-state index contributed by atoms with van der Waals surface area (Å²) < 4.78 is 13.8. The minimum absolute atomic E-state index is 0.0680. The fourth-order valence-corrected chi connectivity index (χ4v) is 4.11. The second-order valence-electron chi connectivity index (χ2n) is 8.09. The highest BCUT2D eigenvalue weighted by Crippen LogP contribution is 2.27. The minimum Gasteiger partial charge on any atom is -0.352 e. The van der Waals surface area contributed by atoms with Crippen molar-refractivity contribution in [3.63, 3.8) is 0 Å². The van der Waals surface area contributed by atoms with Crippen LogP contribution in [0.4, 0.5) is 4.39 Å². The first-order chi connectivity index (χ1) is 15.5. The van der Waals surface area contributed by atoms with E-state index in [1.54, 1.807) is 35.4 Å². The molecular formula is C26H26FN3O2. The van der Waals surface area contributed by atoms with Crippen LogP contribution >= 0.6 is 0 Å². The zero-order valence-electron chi connectivity index (χ0n) is 18.1. The summed E-state index contributed by atoms with van der Waals surface area (Å²) in [5, 5.41) is 2.83. The Hall–Kier alpha value is -3.54. The van der Waals surface area contributed by atoms with E-state index in [1.165, 1.54) is 6.07 Å². The largest absolute Gasteiger partial charge is 0.352 e. The molecule has 1 N–H and O–H groups in total. The van der Waals surface area contributed by atoms with Crippen LogP contribution in [0.1, 0.15) is 34.3 Å². The number of nitrogens with one attached hydrogen (secondary N) is 1. The molecule has 2 heterocycles. The SMILES string of the molecule is Cc1ccccc1-c1ncccc1C(=O)N1CCC(C(=O)NCc2ccccc2F)CC1. The average molecular weight is 432 g/mol. The van der Waals surface area contributed by atoms with Crippen molar-refractivity contribution in [1.82, 2.24) is 15.2 Å². The number of benzene rings is 2. The van der Waals surface area contributed by atoms with Gasteiger partial charge in [-0.1, -0.05) is 42.5 Å². The number of amides is 2. The summed E-state index contributed by atoms with van der Waals surface area (Å²) in [6, 6.07) is 17.9. The van der Waals surface area contributed by atoms with Crippen LogP contribution in [-0.4, -0.2) is 34.8 Å². The van der Waals surface area contributed by atoms with Gasteiger partial charge < -0.3 is 10.2 Å². The van der Waals surface area contributed by atoms with Crippen LogP contribution in [-0.2, 0) is 11.3 Å². The maximum atomic E-state index is 13.8. The van der Waals surface area contributed by atoms with Gasteiger partial charge in [-0.05, 0) is 43.5 Å². The van der Waals surface area contributed by atoms with Crippen molar-refractivity contribution < 1.29 is 14.0 Å². The minimum atomic E-state index is -0.325. The Morgan fingerprint density at radius 1 is 1.03 bits per heavy atom. The molecule has 4 rings (SSSR count). The van der Waals surface area contributed by atoms with Gasteiger partial charge in [0.05, 0.1) is 11.3 Å². The third-order valence-corrected chi connectivity index (χ3v) is 6.00. The number of aryl methyl sites for hydroxylation is 1. The number of carbonyl (C=O) groups excluding carboxylic acids is 2. The first-order valence-corrected chi connectivity index (χ1v) is 10.9. The highest BCUT2D eigenvalue weighted by molar-refractivity contribution is 6.00. The zero-order chi connectivity index (χ0) is 22.5. The van der Waals surface area contributed by atoms with Crippen molar-refractivity contribution in [3.05, 3.63) is 89.4 Å². The lowest BCUT2D eigenvalue weighted by Crippen LogP contribution is -2.43. The normalized spacial score (nSPS) is 14.2. The third kappa shape index (κ3) is 4.69. The van der Waals surface area contributed by atoms with Crippen LogP contribution in [0.15, 0.2) is 66.9 Å². The van der Waals surface area contributed by atoms with Gasteiger partial charge in [-0.15, -0.1) is 0 Å². The predicted molar refractivity (Wildman–Crippen MR) is 121 cm³/mol. The molecule has 1 saturated heterocycles. The predicted octanol–water partition coefficient (Wildman–Crippen LogP) is 4.36. The van der Waals surface area contributed by atoms with Gasteiger partial charge in [0, 0.05) is 42.9 Å². The number of pyridine rings is 1. The molecule has 0 radical (unpaired) electrons. The molecular weight excluding hydrogens is 405 g/mol. The van der Waals surface area contributed by atoms with Gasteiger partial charge in [0.1, 0.15) is 5.82 Å². The smallest absolute Gasteiger partial charge is 0.256 e. The quantitative estimate of drug-likeness (QED) is 0.653. The average Bonchev–Trinajstić information content (AvgIpc) is 2.83. The van der Waals surface area contributed by atoms with Crippen molar-refractivity contribution in [1.29, 1.82) is 0 Å². The number of likely N-dealkylation sites (tertiary alicyclic amines) is 1. The molecule has 0 unspecified atom stereocenters. The molecule has 0 spiro atoms. The molecule has 164 valence electrons. The third-order valence-electron chi connectivity index (χ3n) is 6.00. The number of rotatable bonds is 5. The van der Waals surface area contributed by atoms with Crippen molar-refractivity contribution in [2.75, 3.05) is 13.1 Å². The Labute approximate surface area is 187 Å². The summed E-state index contributed by atoms with van der Waals surface area (Å²) >= 11 is 0. The maximum absolute atomic E-state index is 13.8. The fourth-order valence-electron chi connectivity index (χ4n) is 4.11. The lowest BCUT2D eigenvalue weighted by atomic mass is 9.94. The molecule has 0 saturated carbocycles. The molecule has 1 aromatic heterocycles. The Bertz CT molecular complexity index is 1120. The molecule has 2 aromatic carbocycles. The van der Waals surface area contributed by atoms with Gasteiger partial charge in [0.25, 0.3) is 5.91 Å². The van der Waals surface area contributed by atoms with E-state index >= 15 is 0 Å². The van der Waals surface area contributed by atoms with Crippen LogP contribution < -0.4 is 5.32 Å². The molecule has 1 aliphatic rings. The van der Waals surface area contributed by atoms with Gasteiger partial charge in [0.2, 0.25) is 5.91 Å². The van der Waals surface area contributed by atoms with Crippen molar-refractivity contribution in [3.8, 4) is 11.3 Å². The molecule has 32 heavy (non-hydrogen) atoms. The number of halogens is 1. The molecule has 5 nitrogen and oxygen atoms in total. The van der Waals surface area contributed by atoms with E-state index in [2.05, 4.69) is 10.3 Å². The van der Waals surface area contributed by atoms with E-state index < -0.39 is 0 Å². The van der Waals surface area contributed by atoms with Gasteiger partial charge in [-0.2, -0.15) is 0 Å². The van der Waals surface area contributed by atoms with Crippen molar-refractivity contribution >= 4 is 11.8 Å². The summed E-state index contributed by atoms with van der Waals surface area (Å²) in [5.41, 5.74) is 3.72. The Morgan fingerprint density at radius 2 is 1.75 bits per heavy atom. The molecule has 0 atom stereocenters. The van der Waals surface area contributed by atoms with Crippen molar-refractivity contribution in [2.45, 2.75) is 26.3 Å². The Kier molecular flexibility index (Phi) is 6.59. The van der Waals surface area contributed by atoms with E-state index in [0.717, 1.165) is 11.1 Å². The fraction of sp³-hybridized carbons (Fsp3) is 0.269. The Balaban J connectivity index is 1.39. The lowest BCUT2D eigenvalue weighted by molar-refractivity contribution is -0.126.